The summed E-state index contributed by atoms with van der Waals surface area (Å²) in [6.07, 6.45) is 0. The Labute approximate surface area is 72.2 Å². The van der Waals surface area contributed by atoms with Gasteiger partial charge in [0, 0.05) is 0 Å². The quantitative estimate of drug-likeness (QED) is 0.422. The van der Waals surface area contributed by atoms with Crippen LogP contribution in [0.15, 0.2) is 12.1 Å². The first-order valence-electron chi connectivity index (χ1n) is 3.25. The highest BCUT2D eigenvalue weighted by Gasteiger charge is 2.11. The number of rotatable bonds is 3. The molecule has 1 aromatic carbocycles. The minimum atomic E-state index is -0.998. The number of nitrogen functional groups attached to an aromatic ring is 1. The first-order valence-corrected chi connectivity index (χ1v) is 3.25. The summed E-state index contributed by atoms with van der Waals surface area (Å²) in [5.41, 5.74) is 6.08. The van der Waals surface area contributed by atoms with E-state index in [9.17, 15) is 13.6 Å². The Balaban J connectivity index is 3.02. The zero-order valence-electron chi connectivity index (χ0n) is 6.38. The van der Waals surface area contributed by atoms with Crippen molar-refractivity contribution < 1.29 is 18.4 Å². The van der Waals surface area contributed by atoms with Crippen molar-refractivity contribution in [2.45, 2.75) is 0 Å². The van der Waals surface area contributed by atoms with Gasteiger partial charge in [-0.2, -0.15) is 0 Å². The Morgan fingerprint density at radius 1 is 1.46 bits per heavy atom. The minimum Gasteiger partial charge on any atom is -0.396 e. The summed E-state index contributed by atoms with van der Waals surface area (Å²) in [4.78, 5) is 13.7. The average Bonchev–Trinajstić information content (AvgIpc) is 2.12. The summed E-state index contributed by atoms with van der Waals surface area (Å²) < 4.78 is 25.8. The molecule has 0 aliphatic carbocycles. The molecule has 0 spiro atoms. The van der Waals surface area contributed by atoms with Crippen LogP contribution in [0.1, 0.15) is 0 Å². The third-order valence-electron chi connectivity index (χ3n) is 1.33. The lowest BCUT2D eigenvalue weighted by atomic mass is 10.2. The minimum absolute atomic E-state index is 0.00205. The largest absolute Gasteiger partial charge is 0.396 e. The molecule has 0 radical (unpaired) electrons. The predicted molar refractivity (Wildman–Crippen MR) is 41.5 cm³/mol. The van der Waals surface area contributed by atoms with Crippen LogP contribution in [0.3, 0.4) is 0 Å². The molecule has 6 heteroatoms. The smallest absolute Gasteiger partial charge is 0.320 e. The Morgan fingerprint density at radius 3 is 2.77 bits per heavy atom. The number of carbonyl (C=O) groups is 1. The molecule has 0 heterocycles. The van der Waals surface area contributed by atoms with Crippen molar-refractivity contribution in [3.63, 3.8) is 0 Å². The first-order chi connectivity index (χ1) is 6.16. The van der Waals surface area contributed by atoms with E-state index >= 15 is 0 Å². The molecule has 0 amide bonds. The van der Waals surface area contributed by atoms with Crippen molar-refractivity contribution in [1.82, 2.24) is 0 Å². The molecule has 0 bridgehead atoms. The summed E-state index contributed by atoms with van der Waals surface area (Å²) in [6, 6.07) is 2.02. The van der Waals surface area contributed by atoms with Crippen LogP contribution in [0.2, 0.25) is 0 Å². The summed E-state index contributed by atoms with van der Waals surface area (Å²) in [5, 5.41) is 0. The van der Waals surface area contributed by atoms with Gasteiger partial charge in [-0.1, -0.05) is 0 Å². The number of nitrogens with one attached hydrogen (secondary N) is 1. The third kappa shape index (κ3) is 1.84. The fourth-order valence-corrected chi connectivity index (χ4v) is 0.745. The van der Waals surface area contributed by atoms with Crippen LogP contribution in [0, 0.1) is 11.6 Å². The van der Waals surface area contributed by atoms with E-state index in [1.165, 1.54) is 0 Å². The molecule has 0 aliphatic heterocycles. The monoisotopic (exact) mass is 188 g/mol. The lowest BCUT2D eigenvalue weighted by Gasteiger charge is -2.06. The number of anilines is 2. The third-order valence-corrected chi connectivity index (χ3v) is 1.33. The maximum Gasteiger partial charge on any atom is 0.320 e. The fraction of sp³-hybridized carbons (Fsp3) is 0. The van der Waals surface area contributed by atoms with E-state index in [1.54, 1.807) is 5.48 Å². The van der Waals surface area contributed by atoms with E-state index in [2.05, 4.69) is 4.84 Å². The highest BCUT2D eigenvalue weighted by molar-refractivity contribution is 5.57. The topological polar surface area (TPSA) is 64.3 Å². The molecule has 0 atom stereocenters. The molecule has 4 nitrogen and oxygen atoms in total. The van der Waals surface area contributed by atoms with Crippen LogP contribution in [0.5, 0.6) is 0 Å². The van der Waals surface area contributed by atoms with Crippen molar-refractivity contribution in [3.05, 3.63) is 23.8 Å². The lowest BCUT2D eigenvalue weighted by molar-refractivity contribution is -0.126. The first kappa shape index (κ1) is 9.24. The van der Waals surface area contributed by atoms with E-state index in [0.29, 0.717) is 0 Å². The zero-order chi connectivity index (χ0) is 9.84. The number of carbonyl (C=O) groups excluding carboxylic acids is 1. The van der Waals surface area contributed by atoms with Gasteiger partial charge in [0.25, 0.3) is 0 Å². The standard InChI is InChI=1S/C7H6F2N2O2/c8-4-1-2-5(10)6(9)7(4)11-13-3-12/h1-3,11H,10H2. The molecule has 0 fully saturated rings. The Morgan fingerprint density at radius 2 is 2.15 bits per heavy atom. The van der Waals surface area contributed by atoms with E-state index in [4.69, 9.17) is 5.73 Å². The van der Waals surface area contributed by atoms with E-state index in [1.807, 2.05) is 0 Å². The average molecular weight is 188 g/mol. The molecular formula is C7H6F2N2O2. The van der Waals surface area contributed by atoms with Crippen LogP contribution < -0.4 is 11.2 Å². The van der Waals surface area contributed by atoms with Gasteiger partial charge in [0.15, 0.2) is 11.6 Å². The fourth-order valence-electron chi connectivity index (χ4n) is 0.745. The number of halogens is 2. The van der Waals surface area contributed by atoms with Gasteiger partial charge in [0.1, 0.15) is 5.69 Å². The van der Waals surface area contributed by atoms with Crippen molar-refractivity contribution in [1.29, 1.82) is 0 Å². The van der Waals surface area contributed by atoms with Crippen molar-refractivity contribution in [2.75, 3.05) is 11.2 Å². The SMILES string of the molecule is Nc1ccc(F)c(NOC=O)c1F. The summed E-state index contributed by atoms with van der Waals surface area (Å²) >= 11 is 0. The van der Waals surface area contributed by atoms with Crippen LogP contribution in [-0.4, -0.2) is 6.47 Å². The van der Waals surface area contributed by atoms with Gasteiger partial charge >= 0.3 is 6.47 Å². The molecule has 0 aliphatic rings. The summed E-state index contributed by atoms with van der Waals surface area (Å²) in [7, 11) is 0. The highest BCUT2D eigenvalue weighted by atomic mass is 19.1. The van der Waals surface area contributed by atoms with Crippen LogP contribution in [-0.2, 0) is 9.63 Å². The van der Waals surface area contributed by atoms with E-state index in [0.717, 1.165) is 12.1 Å². The maximum atomic E-state index is 13.0. The second-order valence-electron chi connectivity index (χ2n) is 2.14. The van der Waals surface area contributed by atoms with Gasteiger partial charge in [-0.25, -0.2) is 14.3 Å². The zero-order valence-corrected chi connectivity index (χ0v) is 6.38. The second-order valence-corrected chi connectivity index (χ2v) is 2.14. The molecule has 0 saturated heterocycles. The van der Waals surface area contributed by atoms with Gasteiger partial charge in [-0.3, -0.25) is 4.79 Å². The number of hydrogen-bond donors (Lipinski definition) is 2. The van der Waals surface area contributed by atoms with Gasteiger partial charge in [0.05, 0.1) is 5.69 Å². The van der Waals surface area contributed by atoms with Crippen molar-refractivity contribution in [3.8, 4) is 0 Å². The predicted octanol–water partition coefficient (Wildman–Crippen LogP) is 1.05. The molecule has 0 unspecified atom stereocenters. The Kier molecular flexibility index (Phi) is 2.63. The molecule has 13 heavy (non-hydrogen) atoms. The molecule has 1 rings (SSSR count). The van der Waals surface area contributed by atoms with Crippen LogP contribution in [0.4, 0.5) is 20.2 Å². The Hall–Kier alpha value is -1.85. The number of benzene rings is 1. The number of nitrogens with two attached hydrogens (primary N) is 1. The van der Waals surface area contributed by atoms with E-state index < -0.39 is 17.3 Å². The van der Waals surface area contributed by atoms with Crippen molar-refractivity contribution in [2.24, 2.45) is 0 Å². The molecule has 0 saturated carbocycles. The van der Waals surface area contributed by atoms with Gasteiger partial charge < -0.3 is 10.6 Å². The number of hydrogen-bond acceptors (Lipinski definition) is 4. The summed E-state index contributed by atoms with van der Waals surface area (Å²) in [6.45, 7) is 0.00205. The van der Waals surface area contributed by atoms with Crippen LogP contribution in [0.25, 0.3) is 0 Å². The lowest BCUT2D eigenvalue weighted by Crippen LogP contribution is -2.05. The molecule has 1 aromatic rings. The molecule has 70 valence electrons. The molecule has 3 N–H and O–H groups in total. The molecule has 0 aromatic heterocycles. The van der Waals surface area contributed by atoms with Crippen molar-refractivity contribution >= 4 is 17.8 Å². The molecular weight excluding hydrogens is 182 g/mol. The van der Waals surface area contributed by atoms with Crippen LogP contribution >= 0.6 is 0 Å². The maximum absolute atomic E-state index is 13.0. The second kappa shape index (κ2) is 3.70. The van der Waals surface area contributed by atoms with Gasteiger partial charge in [-0.15, -0.1) is 0 Å². The summed E-state index contributed by atoms with van der Waals surface area (Å²) in [5.74, 6) is -1.89. The van der Waals surface area contributed by atoms with Gasteiger partial charge in [0.2, 0.25) is 0 Å². The van der Waals surface area contributed by atoms with Gasteiger partial charge in [-0.05, 0) is 12.1 Å². The highest BCUT2D eigenvalue weighted by Crippen LogP contribution is 2.23. The Bertz CT molecular complexity index is 331. The van der Waals surface area contributed by atoms with E-state index in [-0.39, 0.29) is 12.2 Å². The normalized spacial score (nSPS) is 9.38.